The molecule has 0 saturated carbocycles. The number of nitro groups is 1. The van der Waals surface area contributed by atoms with Gasteiger partial charge in [0, 0.05) is 18.0 Å². The number of hydrogen-bond donors (Lipinski definition) is 2. The molecule has 0 aliphatic carbocycles. The Morgan fingerprint density at radius 3 is 2.79 bits per heavy atom. The Hall–Kier alpha value is -3.03. The molecule has 0 saturated heterocycles. The largest absolute Gasteiger partial charge is 0.399 e. The van der Waals surface area contributed by atoms with Crippen molar-refractivity contribution in [2.45, 2.75) is 0 Å². The molecule has 96 valence electrons. The highest BCUT2D eigenvalue weighted by atomic mass is 16.6. The summed E-state index contributed by atoms with van der Waals surface area (Å²) in [5.74, 6) is -0.469. The highest BCUT2D eigenvalue weighted by Gasteiger charge is 2.20. The molecule has 1 aromatic heterocycles. The fourth-order valence-electron chi connectivity index (χ4n) is 1.45. The first-order valence-corrected chi connectivity index (χ1v) is 5.21. The van der Waals surface area contributed by atoms with E-state index in [9.17, 15) is 14.9 Å². The Morgan fingerprint density at radius 2 is 2.16 bits per heavy atom. The molecular formula is C11H9N5O3. The number of rotatable bonds is 3. The number of carbonyl (C=O) groups is 1. The summed E-state index contributed by atoms with van der Waals surface area (Å²) in [5, 5.41) is 20.5. The van der Waals surface area contributed by atoms with Crippen molar-refractivity contribution in [2.24, 2.45) is 0 Å². The molecule has 8 nitrogen and oxygen atoms in total. The lowest BCUT2D eigenvalue weighted by Gasteiger charge is -2.05. The molecule has 8 heteroatoms. The number of anilines is 2. The lowest BCUT2D eigenvalue weighted by molar-refractivity contribution is -0.385. The zero-order valence-electron chi connectivity index (χ0n) is 9.61. The van der Waals surface area contributed by atoms with Crippen molar-refractivity contribution in [3.63, 3.8) is 0 Å². The zero-order valence-corrected chi connectivity index (χ0v) is 9.61. The van der Waals surface area contributed by atoms with E-state index >= 15 is 0 Å². The second-order valence-corrected chi connectivity index (χ2v) is 3.60. The molecule has 19 heavy (non-hydrogen) atoms. The number of aromatic nitrogens is 2. The molecule has 0 aliphatic rings. The first-order valence-electron chi connectivity index (χ1n) is 5.21. The number of benzene rings is 1. The summed E-state index contributed by atoms with van der Waals surface area (Å²) in [5.41, 5.74) is 5.33. The minimum Gasteiger partial charge on any atom is -0.399 e. The summed E-state index contributed by atoms with van der Waals surface area (Å²) in [6.07, 6.45) is 1.44. The molecule has 0 spiro atoms. The van der Waals surface area contributed by atoms with Crippen LogP contribution in [0.3, 0.4) is 0 Å². The lowest BCUT2D eigenvalue weighted by atomic mass is 10.1. The Balaban J connectivity index is 2.33. The lowest BCUT2D eigenvalue weighted by Crippen LogP contribution is -2.15. The van der Waals surface area contributed by atoms with Crippen LogP contribution in [0.25, 0.3) is 0 Å². The monoisotopic (exact) mass is 259 g/mol. The topological polar surface area (TPSA) is 124 Å². The molecular weight excluding hydrogens is 250 g/mol. The molecule has 0 atom stereocenters. The second kappa shape index (κ2) is 5.08. The van der Waals surface area contributed by atoms with Gasteiger partial charge in [-0.3, -0.25) is 14.9 Å². The van der Waals surface area contributed by atoms with Gasteiger partial charge in [0.2, 0.25) is 0 Å². The molecule has 1 amide bonds. The van der Waals surface area contributed by atoms with Crippen LogP contribution in [0.15, 0.2) is 36.5 Å². The number of nitrogens with zero attached hydrogens (tertiary/aromatic N) is 3. The number of nitrogen functional groups attached to an aromatic ring is 1. The minimum atomic E-state index is -0.667. The van der Waals surface area contributed by atoms with Gasteiger partial charge in [0.1, 0.15) is 5.56 Å². The van der Waals surface area contributed by atoms with Crippen molar-refractivity contribution in [3.05, 3.63) is 52.2 Å². The van der Waals surface area contributed by atoms with Gasteiger partial charge in [-0.05, 0) is 24.3 Å². The maximum atomic E-state index is 12.0. The van der Waals surface area contributed by atoms with Gasteiger partial charge in [-0.25, -0.2) is 0 Å². The van der Waals surface area contributed by atoms with Gasteiger partial charge < -0.3 is 11.1 Å². The van der Waals surface area contributed by atoms with E-state index in [1.807, 2.05) is 0 Å². The molecule has 2 aromatic rings. The molecule has 1 aromatic carbocycles. The van der Waals surface area contributed by atoms with E-state index in [-0.39, 0.29) is 22.8 Å². The van der Waals surface area contributed by atoms with Crippen LogP contribution in [0.4, 0.5) is 17.2 Å². The van der Waals surface area contributed by atoms with Crippen molar-refractivity contribution >= 4 is 23.1 Å². The average Bonchev–Trinajstić information content (AvgIpc) is 2.39. The van der Waals surface area contributed by atoms with Crippen molar-refractivity contribution in [3.8, 4) is 0 Å². The van der Waals surface area contributed by atoms with E-state index in [2.05, 4.69) is 15.5 Å². The minimum absolute atomic E-state index is 0.129. The molecule has 3 N–H and O–H groups in total. The second-order valence-electron chi connectivity index (χ2n) is 3.60. The van der Waals surface area contributed by atoms with E-state index in [1.165, 1.54) is 30.5 Å². The average molecular weight is 259 g/mol. The maximum Gasteiger partial charge on any atom is 0.282 e. The number of hydrogen-bond acceptors (Lipinski definition) is 6. The predicted octanol–water partition coefficient (Wildman–Crippen LogP) is 1.22. The van der Waals surface area contributed by atoms with Crippen LogP contribution in [0.1, 0.15) is 10.4 Å². The number of nitro benzene ring substituents is 1. The van der Waals surface area contributed by atoms with E-state index in [0.717, 1.165) is 0 Å². The first-order chi connectivity index (χ1) is 9.08. The Morgan fingerprint density at radius 1 is 1.37 bits per heavy atom. The van der Waals surface area contributed by atoms with Crippen LogP contribution in [-0.2, 0) is 0 Å². The van der Waals surface area contributed by atoms with Gasteiger partial charge >= 0.3 is 0 Å². The summed E-state index contributed by atoms with van der Waals surface area (Å²) >= 11 is 0. The van der Waals surface area contributed by atoms with Crippen LogP contribution in [0.5, 0.6) is 0 Å². The molecule has 0 fully saturated rings. The Bertz CT molecular complexity index is 629. The summed E-state index contributed by atoms with van der Waals surface area (Å²) in [7, 11) is 0. The summed E-state index contributed by atoms with van der Waals surface area (Å²) in [6.45, 7) is 0. The van der Waals surface area contributed by atoms with Crippen LogP contribution in [0.2, 0.25) is 0 Å². The van der Waals surface area contributed by atoms with Crippen LogP contribution < -0.4 is 11.1 Å². The zero-order chi connectivity index (χ0) is 13.8. The number of carbonyl (C=O) groups excluding carboxylic acids is 1. The Labute approximate surface area is 107 Å². The summed E-state index contributed by atoms with van der Waals surface area (Å²) in [6, 6.07) is 6.88. The molecule has 0 radical (unpaired) electrons. The number of nitrogens with one attached hydrogen (secondary N) is 1. The van der Waals surface area contributed by atoms with Gasteiger partial charge in [0.25, 0.3) is 11.6 Å². The van der Waals surface area contributed by atoms with E-state index in [0.29, 0.717) is 0 Å². The Kier molecular flexibility index (Phi) is 3.33. The third-order valence-corrected chi connectivity index (χ3v) is 2.28. The fourth-order valence-corrected chi connectivity index (χ4v) is 1.45. The molecule has 2 rings (SSSR count). The van der Waals surface area contributed by atoms with E-state index < -0.39 is 10.8 Å². The third kappa shape index (κ3) is 2.80. The standard InChI is InChI=1S/C11H9N5O3/c12-7-3-4-9(16(18)19)8(6-7)11(17)14-10-2-1-5-13-15-10/h1-6H,12H2,(H,14,15,17). The van der Waals surface area contributed by atoms with Crippen molar-refractivity contribution in [1.29, 1.82) is 0 Å². The van der Waals surface area contributed by atoms with Gasteiger partial charge in [-0.15, -0.1) is 5.10 Å². The molecule has 1 heterocycles. The summed E-state index contributed by atoms with van der Waals surface area (Å²) in [4.78, 5) is 22.2. The van der Waals surface area contributed by atoms with Crippen molar-refractivity contribution in [1.82, 2.24) is 10.2 Å². The third-order valence-electron chi connectivity index (χ3n) is 2.28. The fraction of sp³-hybridized carbons (Fsp3) is 0. The highest BCUT2D eigenvalue weighted by Crippen LogP contribution is 2.22. The smallest absolute Gasteiger partial charge is 0.282 e. The first kappa shape index (κ1) is 12.4. The van der Waals surface area contributed by atoms with E-state index in [1.54, 1.807) is 6.07 Å². The van der Waals surface area contributed by atoms with Crippen molar-refractivity contribution in [2.75, 3.05) is 11.1 Å². The van der Waals surface area contributed by atoms with Gasteiger partial charge in [0.15, 0.2) is 5.82 Å². The molecule has 0 aliphatic heterocycles. The quantitative estimate of drug-likeness (QED) is 0.485. The van der Waals surface area contributed by atoms with E-state index in [4.69, 9.17) is 5.73 Å². The maximum absolute atomic E-state index is 12.0. The van der Waals surface area contributed by atoms with Gasteiger partial charge in [0.05, 0.1) is 4.92 Å². The molecule has 0 bridgehead atoms. The number of nitrogens with two attached hydrogens (primary N) is 1. The SMILES string of the molecule is Nc1ccc([N+](=O)[O-])c(C(=O)Nc2cccnn2)c1. The van der Waals surface area contributed by atoms with Crippen LogP contribution in [-0.4, -0.2) is 21.0 Å². The molecule has 0 unspecified atom stereocenters. The van der Waals surface area contributed by atoms with Gasteiger partial charge in [-0.1, -0.05) is 0 Å². The van der Waals surface area contributed by atoms with Gasteiger partial charge in [-0.2, -0.15) is 5.10 Å². The normalized spacial score (nSPS) is 9.89. The van der Waals surface area contributed by atoms with Crippen LogP contribution >= 0.6 is 0 Å². The van der Waals surface area contributed by atoms with Crippen LogP contribution in [0, 0.1) is 10.1 Å². The predicted molar refractivity (Wildman–Crippen MR) is 67.5 cm³/mol. The summed E-state index contributed by atoms with van der Waals surface area (Å²) < 4.78 is 0. The number of amides is 1. The van der Waals surface area contributed by atoms with Crippen molar-refractivity contribution < 1.29 is 9.72 Å². The highest BCUT2D eigenvalue weighted by molar-refractivity contribution is 6.07.